The molecular weight excluding hydrogens is 368 g/mol. The van der Waals surface area contributed by atoms with Gasteiger partial charge in [0.1, 0.15) is 0 Å². The number of carbonyl (C=O) groups excluding carboxylic acids is 1. The highest BCUT2D eigenvalue weighted by atomic mass is 79.9. The Hall–Kier alpha value is -1.95. The molecule has 5 nitrogen and oxygen atoms in total. The molecule has 4 rings (SSSR count). The van der Waals surface area contributed by atoms with Gasteiger partial charge >= 0.3 is 0 Å². The number of carbonyl (C=O) groups is 1. The largest absolute Gasteiger partial charge is 0.339 e. The van der Waals surface area contributed by atoms with Gasteiger partial charge in [0.05, 0.1) is 0 Å². The fraction of sp³-hybridized carbons (Fsp3) is 0.389. The standard InChI is InChI=1S/C18H19BrN4O/c19-14-4-2-13(3-5-14)15-12-16(15)17(24)22-8-10-23(11-9-22)18-20-6-1-7-21-18/h1-7,15-16H,8-12H2. The van der Waals surface area contributed by atoms with Gasteiger partial charge in [-0.15, -0.1) is 0 Å². The first kappa shape index (κ1) is 15.6. The molecule has 0 N–H and O–H groups in total. The third-order valence-corrected chi connectivity index (χ3v) is 5.36. The summed E-state index contributed by atoms with van der Waals surface area (Å²) in [6, 6.07) is 10.2. The van der Waals surface area contributed by atoms with Crippen molar-refractivity contribution in [3.05, 3.63) is 52.8 Å². The van der Waals surface area contributed by atoms with Gasteiger partial charge in [0.2, 0.25) is 11.9 Å². The maximum atomic E-state index is 12.7. The molecule has 1 aromatic carbocycles. The average molecular weight is 387 g/mol. The number of rotatable bonds is 3. The molecule has 2 aliphatic rings. The van der Waals surface area contributed by atoms with E-state index in [1.165, 1.54) is 5.56 Å². The summed E-state index contributed by atoms with van der Waals surface area (Å²) in [7, 11) is 0. The number of halogens is 1. The van der Waals surface area contributed by atoms with Crippen molar-refractivity contribution in [2.24, 2.45) is 5.92 Å². The molecule has 124 valence electrons. The third kappa shape index (κ3) is 3.15. The number of piperazine rings is 1. The molecular formula is C18H19BrN4O. The van der Waals surface area contributed by atoms with Gasteiger partial charge in [-0.3, -0.25) is 4.79 Å². The van der Waals surface area contributed by atoms with E-state index >= 15 is 0 Å². The number of amides is 1. The topological polar surface area (TPSA) is 49.3 Å². The zero-order valence-corrected chi connectivity index (χ0v) is 14.9. The Balaban J connectivity index is 1.33. The Kier molecular flexibility index (Phi) is 4.22. The van der Waals surface area contributed by atoms with Gasteiger partial charge < -0.3 is 9.80 Å². The molecule has 0 radical (unpaired) electrons. The van der Waals surface area contributed by atoms with Crippen molar-refractivity contribution in [3.63, 3.8) is 0 Å². The van der Waals surface area contributed by atoms with Crippen molar-refractivity contribution < 1.29 is 4.79 Å². The highest BCUT2D eigenvalue weighted by Gasteiger charge is 2.46. The Morgan fingerprint density at radius 2 is 1.71 bits per heavy atom. The lowest BCUT2D eigenvalue weighted by atomic mass is 10.1. The monoisotopic (exact) mass is 386 g/mol. The Bertz CT molecular complexity index is 714. The van der Waals surface area contributed by atoms with Gasteiger partial charge in [-0.2, -0.15) is 0 Å². The number of benzene rings is 1. The van der Waals surface area contributed by atoms with E-state index in [-0.39, 0.29) is 5.92 Å². The second-order valence-electron chi connectivity index (χ2n) is 6.36. The molecule has 0 bridgehead atoms. The molecule has 2 fully saturated rings. The summed E-state index contributed by atoms with van der Waals surface area (Å²) < 4.78 is 1.08. The molecule has 24 heavy (non-hydrogen) atoms. The van der Waals surface area contributed by atoms with Crippen LogP contribution in [0.25, 0.3) is 0 Å². The first-order valence-corrected chi connectivity index (χ1v) is 9.08. The number of aromatic nitrogens is 2. The highest BCUT2D eigenvalue weighted by Crippen LogP contribution is 2.48. The molecule has 1 saturated carbocycles. The summed E-state index contributed by atoms with van der Waals surface area (Å²) in [5.41, 5.74) is 1.27. The van der Waals surface area contributed by atoms with Crippen molar-refractivity contribution >= 4 is 27.8 Å². The predicted octanol–water partition coefficient (Wildman–Crippen LogP) is 2.69. The first-order chi connectivity index (χ1) is 11.7. The summed E-state index contributed by atoms with van der Waals surface area (Å²) >= 11 is 3.46. The lowest BCUT2D eigenvalue weighted by Crippen LogP contribution is -2.49. The van der Waals surface area contributed by atoms with Crippen LogP contribution in [-0.4, -0.2) is 47.0 Å². The van der Waals surface area contributed by atoms with E-state index in [1.807, 2.05) is 23.1 Å². The van der Waals surface area contributed by atoms with E-state index in [0.29, 0.717) is 11.8 Å². The normalized spacial score (nSPS) is 23.2. The Morgan fingerprint density at radius 3 is 2.38 bits per heavy atom. The maximum absolute atomic E-state index is 12.7. The quantitative estimate of drug-likeness (QED) is 0.813. The van der Waals surface area contributed by atoms with Crippen molar-refractivity contribution in [2.75, 3.05) is 31.1 Å². The molecule has 2 aromatic rings. The van der Waals surface area contributed by atoms with Crippen molar-refractivity contribution in [1.29, 1.82) is 0 Å². The van der Waals surface area contributed by atoms with Gasteiger partial charge in [-0.05, 0) is 36.1 Å². The molecule has 1 aliphatic heterocycles. The van der Waals surface area contributed by atoms with Gasteiger partial charge in [-0.1, -0.05) is 28.1 Å². The average Bonchev–Trinajstić information content (AvgIpc) is 3.43. The summed E-state index contributed by atoms with van der Waals surface area (Å²) in [4.78, 5) is 25.4. The van der Waals surface area contributed by atoms with Gasteiger partial charge in [-0.25, -0.2) is 9.97 Å². The Morgan fingerprint density at radius 1 is 1.04 bits per heavy atom. The van der Waals surface area contributed by atoms with E-state index in [0.717, 1.165) is 43.0 Å². The zero-order valence-electron chi connectivity index (χ0n) is 13.3. The van der Waals surface area contributed by atoms with Gasteiger partial charge in [0, 0.05) is 49.0 Å². The minimum atomic E-state index is 0.158. The van der Waals surface area contributed by atoms with Crippen molar-refractivity contribution in [1.82, 2.24) is 14.9 Å². The second kappa shape index (κ2) is 6.51. The summed E-state index contributed by atoms with van der Waals surface area (Å²) in [5, 5.41) is 0. The second-order valence-corrected chi connectivity index (χ2v) is 7.28. The molecule has 1 aliphatic carbocycles. The Labute approximate surface area is 149 Å². The van der Waals surface area contributed by atoms with Crippen molar-refractivity contribution in [3.8, 4) is 0 Å². The fourth-order valence-electron chi connectivity index (χ4n) is 3.36. The molecule has 1 saturated heterocycles. The summed E-state index contributed by atoms with van der Waals surface area (Å²) in [5.74, 6) is 1.60. The number of hydrogen-bond acceptors (Lipinski definition) is 4. The van der Waals surface area contributed by atoms with E-state index in [9.17, 15) is 4.79 Å². The van der Waals surface area contributed by atoms with Gasteiger partial charge in [0.25, 0.3) is 0 Å². The third-order valence-electron chi connectivity index (χ3n) is 4.83. The highest BCUT2D eigenvalue weighted by molar-refractivity contribution is 9.10. The lowest BCUT2D eigenvalue weighted by molar-refractivity contribution is -0.133. The number of hydrogen-bond donors (Lipinski definition) is 0. The number of anilines is 1. The smallest absolute Gasteiger partial charge is 0.226 e. The van der Waals surface area contributed by atoms with Gasteiger partial charge in [0.15, 0.2) is 0 Å². The molecule has 2 heterocycles. The summed E-state index contributed by atoms with van der Waals surface area (Å²) in [6.07, 6.45) is 4.49. The summed E-state index contributed by atoms with van der Waals surface area (Å²) in [6.45, 7) is 3.10. The van der Waals surface area contributed by atoms with Crippen molar-refractivity contribution in [2.45, 2.75) is 12.3 Å². The van der Waals surface area contributed by atoms with Crippen LogP contribution in [0.2, 0.25) is 0 Å². The zero-order chi connectivity index (χ0) is 16.5. The molecule has 6 heteroatoms. The van der Waals surface area contributed by atoms with Crippen LogP contribution in [0.3, 0.4) is 0 Å². The fourth-order valence-corrected chi connectivity index (χ4v) is 3.63. The van der Waals surface area contributed by atoms with E-state index in [2.05, 4.69) is 42.9 Å². The molecule has 0 spiro atoms. The molecule has 2 atom stereocenters. The van der Waals surface area contributed by atoms with E-state index in [1.54, 1.807) is 12.4 Å². The number of nitrogens with zero attached hydrogens (tertiary/aromatic N) is 4. The predicted molar refractivity (Wildman–Crippen MR) is 95.8 cm³/mol. The SMILES string of the molecule is O=C(C1CC1c1ccc(Br)cc1)N1CCN(c2ncccn2)CC1. The minimum Gasteiger partial charge on any atom is -0.339 e. The molecule has 1 amide bonds. The van der Waals surface area contributed by atoms with Crippen LogP contribution in [-0.2, 0) is 4.79 Å². The molecule has 1 aromatic heterocycles. The van der Waals surface area contributed by atoms with E-state index < -0.39 is 0 Å². The van der Waals surface area contributed by atoms with Crippen LogP contribution < -0.4 is 4.90 Å². The van der Waals surface area contributed by atoms with E-state index in [4.69, 9.17) is 0 Å². The molecule has 2 unspecified atom stereocenters. The van der Waals surface area contributed by atoms with Crippen LogP contribution in [0, 0.1) is 5.92 Å². The first-order valence-electron chi connectivity index (χ1n) is 8.28. The van der Waals surface area contributed by atoms with Crippen LogP contribution in [0.1, 0.15) is 17.9 Å². The lowest BCUT2D eigenvalue weighted by Gasteiger charge is -2.34. The minimum absolute atomic E-state index is 0.158. The maximum Gasteiger partial charge on any atom is 0.226 e. The van der Waals surface area contributed by atoms with Crippen LogP contribution >= 0.6 is 15.9 Å². The van der Waals surface area contributed by atoms with Crippen LogP contribution in [0.5, 0.6) is 0 Å². The van der Waals surface area contributed by atoms with Crippen LogP contribution in [0.15, 0.2) is 47.2 Å². The van der Waals surface area contributed by atoms with Crippen LogP contribution in [0.4, 0.5) is 5.95 Å².